The van der Waals surface area contributed by atoms with Gasteiger partial charge in [0, 0.05) is 30.6 Å². The van der Waals surface area contributed by atoms with Gasteiger partial charge in [0.15, 0.2) is 0 Å². The molecule has 140 valence electrons. The fourth-order valence-electron chi connectivity index (χ4n) is 3.25. The fraction of sp³-hybridized carbons (Fsp3) is 0.550. The van der Waals surface area contributed by atoms with Gasteiger partial charge in [-0.15, -0.1) is 0 Å². The zero-order valence-electron chi connectivity index (χ0n) is 16.2. The lowest BCUT2D eigenvalue weighted by atomic mass is 9.96. The van der Waals surface area contributed by atoms with Crippen molar-refractivity contribution in [1.82, 2.24) is 14.9 Å². The molecule has 26 heavy (non-hydrogen) atoms. The second kappa shape index (κ2) is 6.74. The molecule has 1 fully saturated rings. The molecule has 3 rings (SSSR count). The maximum atomic E-state index is 12.6. The Balaban J connectivity index is 1.70. The molecule has 2 amide bonds. The van der Waals surface area contributed by atoms with Crippen molar-refractivity contribution in [3.63, 3.8) is 0 Å². The van der Waals surface area contributed by atoms with Gasteiger partial charge in [-0.2, -0.15) is 0 Å². The van der Waals surface area contributed by atoms with Gasteiger partial charge in [-0.25, -0.2) is 4.98 Å². The second-order valence-electron chi connectivity index (χ2n) is 8.65. The van der Waals surface area contributed by atoms with Gasteiger partial charge < -0.3 is 15.2 Å². The van der Waals surface area contributed by atoms with E-state index in [0.717, 1.165) is 22.5 Å². The predicted molar refractivity (Wildman–Crippen MR) is 103 cm³/mol. The van der Waals surface area contributed by atoms with Crippen LogP contribution in [0.15, 0.2) is 18.2 Å². The average molecular weight is 356 g/mol. The number of nitrogens with one attached hydrogen (secondary N) is 2. The van der Waals surface area contributed by atoms with Gasteiger partial charge in [0.1, 0.15) is 5.82 Å². The highest BCUT2D eigenvalue weighted by molar-refractivity contribution is 5.98. The Morgan fingerprint density at radius 3 is 2.77 bits per heavy atom. The molecule has 1 atom stereocenters. The van der Waals surface area contributed by atoms with E-state index in [1.54, 1.807) is 4.90 Å². The van der Waals surface area contributed by atoms with Crippen LogP contribution in [0.3, 0.4) is 0 Å². The maximum Gasteiger partial charge on any atom is 0.229 e. The molecule has 0 spiro atoms. The molecule has 2 aromatic rings. The lowest BCUT2D eigenvalue weighted by Crippen LogP contribution is -2.31. The van der Waals surface area contributed by atoms with Crippen LogP contribution in [0.1, 0.15) is 46.9 Å². The normalized spacial score (nSPS) is 18.2. The van der Waals surface area contributed by atoms with Gasteiger partial charge in [-0.1, -0.05) is 34.6 Å². The minimum absolute atomic E-state index is 0.0630. The van der Waals surface area contributed by atoms with Gasteiger partial charge in [-0.3, -0.25) is 9.59 Å². The number of benzene rings is 1. The fourth-order valence-corrected chi connectivity index (χ4v) is 3.25. The van der Waals surface area contributed by atoms with Gasteiger partial charge >= 0.3 is 0 Å². The van der Waals surface area contributed by atoms with Crippen LogP contribution in [0, 0.1) is 11.8 Å². The summed E-state index contributed by atoms with van der Waals surface area (Å²) in [5.74, 6) is 1.00. The summed E-state index contributed by atoms with van der Waals surface area (Å²) in [6, 6.07) is 5.66. The quantitative estimate of drug-likeness (QED) is 0.882. The number of likely N-dealkylation sites (tertiary alicyclic amines) is 1. The molecular formula is C20H28N4O2. The van der Waals surface area contributed by atoms with E-state index in [2.05, 4.69) is 49.9 Å². The van der Waals surface area contributed by atoms with Crippen LogP contribution in [-0.2, 0) is 15.0 Å². The number of amides is 2. The first-order valence-electron chi connectivity index (χ1n) is 9.22. The summed E-state index contributed by atoms with van der Waals surface area (Å²) in [6.07, 6.45) is 0.291. The largest absolute Gasteiger partial charge is 0.342 e. The van der Waals surface area contributed by atoms with Crippen LogP contribution in [-0.4, -0.2) is 39.8 Å². The van der Waals surface area contributed by atoms with Crippen LogP contribution in [0.25, 0.3) is 11.0 Å². The summed E-state index contributed by atoms with van der Waals surface area (Å²) in [7, 11) is 0. The summed E-state index contributed by atoms with van der Waals surface area (Å²) in [5, 5.41) is 2.95. The molecule has 1 aliphatic heterocycles. The van der Waals surface area contributed by atoms with Crippen LogP contribution in [0.5, 0.6) is 0 Å². The number of carbonyl (C=O) groups is 2. The Morgan fingerprint density at radius 2 is 2.12 bits per heavy atom. The predicted octanol–water partition coefficient (Wildman–Crippen LogP) is 3.30. The van der Waals surface area contributed by atoms with Crippen LogP contribution < -0.4 is 5.32 Å². The van der Waals surface area contributed by atoms with E-state index in [-0.39, 0.29) is 23.1 Å². The number of rotatable bonds is 4. The van der Waals surface area contributed by atoms with Crippen molar-refractivity contribution in [2.75, 3.05) is 18.4 Å². The van der Waals surface area contributed by atoms with E-state index in [4.69, 9.17) is 0 Å². The number of imidazole rings is 1. The van der Waals surface area contributed by atoms with Crippen molar-refractivity contribution >= 4 is 28.5 Å². The third-order valence-electron chi connectivity index (χ3n) is 4.63. The van der Waals surface area contributed by atoms with E-state index in [1.807, 2.05) is 18.2 Å². The highest BCUT2D eigenvalue weighted by atomic mass is 16.2. The Kier molecular flexibility index (Phi) is 4.78. The van der Waals surface area contributed by atoms with Crippen molar-refractivity contribution in [2.24, 2.45) is 11.8 Å². The molecule has 0 radical (unpaired) electrons. The molecule has 1 unspecified atom stereocenters. The molecule has 1 saturated heterocycles. The second-order valence-corrected chi connectivity index (χ2v) is 8.65. The smallest absolute Gasteiger partial charge is 0.229 e. The maximum absolute atomic E-state index is 12.6. The topological polar surface area (TPSA) is 78.1 Å². The number of anilines is 1. The van der Waals surface area contributed by atoms with Crippen molar-refractivity contribution in [1.29, 1.82) is 0 Å². The zero-order valence-corrected chi connectivity index (χ0v) is 16.2. The van der Waals surface area contributed by atoms with E-state index in [0.29, 0.717) is 25.4 Å². The van der Waals surface area contributed by atoms with E-state index in [1.165, 1.54) is 0 Å². The molecule has 2 heterocycles. The van der Waals surface area contributed by atoms with Gasteiger partial charge in [0.05, 0.1) is 17.0 Å². The monoisotopic (exact) mass is 356 g/mol. The Morgan fingerprint density at radius 1 is 1.38 bits per heavy atom. The molecule has 0 bridgehead atoms. The molecule has 2 N–H and O–H groups in total. The minimum Gasteiger partial charge on any atom is -0.342 e. The summed E-state index contributed by atoms with van der Waals surface area (Å²) in [6.45, 7) is 11.7. The van der Waals surface area contributed by atoms with Crippen molar-refractivity contribution < 1.29 is 9.59 Å². The van der Waals surface area contributed by atoms with Crippen LogP contribution >= 0.6 is 0 Å². The number of H-pyrrole nitrogens is 1. The van der Waals surface area contributed by atoms with Crippen molar-refractivity contribution in [3.05, 3.63) is 24.0 Å². The summed E-state index contributed by atoms with van der Waals surface area (Å²) in [5.41, 5.74) is 2.44. The lowest BCUT2D eigenvalue weighted by Gasteiger charge is -2.18. The highest BCUT2D eigenvalue weighted by Crippen LogP contribution is 2.25. The first kappa shape index (κ1) is 18.4. The van der Waals surface area contributed by atoms with E-state index < -0.39 is 0 Å². The molecule has 1 aromatic carbocycles. The van der Waals surface area contributed by atoms with Gasteiger partial charge in [-0.05, 0) is 24.1 Å². The number of hydrogen-bond donors (Lipinski definition) is 2. The lowest BCUT2D eigenvalue weighted by molar-refractivity contribution is -0.128. The highest BCUT2D eigenvalue weighted by Gasteiger charge is 2.34. The summed E-state index contributed by atoms with van der Waals surface area (Å²) < 4.78 is 0. The first-order chi connectivity index (χ1) is 12.1. The summed E-state index contributed by atoms with van der Waals surface area (Å²) >= 11 is 0. The standard InChI is InChI=1S/C20H28N4O2/c1-12(2)10-24-11-13(8-17(24)25)18(26)21-14-6-7-15-16(9-14)23-19(22-15)20(3,4)5/h6-7,9,12-13H,8,10-11H2,1-5H3,(H,21,26)(H,22,23). The van der Waals surface area contributed by atoms with E-state index >= 15 is 0 Å². The molecule has 6 nitrogen and oxygen atoms in total. The van der Waals surface area contributed by atoms with Crippen LogP contribution in [0.2, 0.25) is 0 Å². The molecule has 6 heteroatoms. The van der Waals surface area contributed by atoms with Crippen molar-refractivity contribution in [2.45, 2.75) is 46.5 Å². The molecule has 1 aromatic heterocycles. The number of carbonyl (C=O) groups excluding carboxylic acids is 2. The average Bonchev–Trinajstić information content (AvgIpc) is 3.10. The first-order valence-corrected chi connectivity index (χ1v) is 9.22. The number of nitrogens with zero attached hydrogens (tertiary/aromatic N) is 2. The van der Waals surface area contributed by atoms with E-state index in [9.17, 15) is 9.59 Å². The van der Waals surface area contributed by atoms with Crippen LogP contribution in [0.4, 0.5) is 5.69 Å². The number of hydrogen-bond acceptors (Lipinski definition) is 3. The van der Waals surface area contributed by atoms with Crippen molar-refractivity contribution in [3.8, 4) is 0 Å². The molecule has 1 aliphatic rings. The summed E-state index contributed by atoms with van der Waals surface area (Å²) in [4.78, 5) is 34.4. The Labute approximate surface area is 154 Å². The number of fused-ring (bicyclic) bond motifs is 1. The third kappa shape index (κ3) is 3.89. The third-order valence-corrected chi connectivity index (χ3v) is 4.63. The number of aromatic nitrogens is 2. The van der Waals surface area contributed by atoms with Gasteiger partial charge in [0.2, 0.25) is 11.8 Å². The zero-order chi connectivity index (χ0) is 19.1. The Hall–Kier alpha value is -2.37. The molecule has 0 saturated carbocycles. The molecule has 0 aliphatic carbocycles. The SMILES string of the molecule is CC(C)CN1CC(C(=O)Nc2ccc3nc(C(C)(C)C)[nH]c3c2)CC1=O. The Bertz CT molecular complexity index is 832. The molecular weight excluding hydrogens is 328 g/mol. The van der Waals surface area contributed by atoms with Gasteiger partial charge in [0.25, 0.3) is 0 Å². The minimum atomic E-state index is -0.288. The number of aromatic amines is 1.